The van der Waals surface area contributed by atoms with E-state index in [-0.39, 0.29) is 42.7 Å². The third-order valence-electron chi connectivity index (χ3n) is 6.34. The Labute approximate surface area is 173 Å². The zero-order chi connectivity index (χ0) is 21.3. The molecule has 4 atom stereocenters. The molecule has 0 aromatic heterocycles. The van der Waals surface area contributed by atoms with Gasteiger partial charge in [-0.05, 0) is 55.2 Å². The lowest BCUT2D eigenvalue weighted by molar-refractivity contribution is 0.0493. The normalized spacial score (nSPS) is 24.0. The molecular weight excluding hydrogens is 393 g/mol. The van der Waals surface area contributed by atoms with Gasteiger partial charge < -0.3 is 15.4 Å². The highest BCUT2D eigenvalue weighted by Gasteiger charge is 2.45. The maximum atomic E-state index is 14.0. The number of benzene rings is 2. The Hall–Kier alpha value is -2.54. The van der Waals surface area contributed by atoms with Gasteiger partial charge >= 0.3 is 6.09 Å². The quantitative estimate of drug-likeness (QED) is 0.725. The zero-order valence-electron chi connectivity index (χ0n) is 16.6. The molecule has 0 spiro atoms. The van der Waals surface area contributed by atoms with Crippen LogP contribution in [0.15, 0.2) is 42.5 Å². The first-order chi connectivity index (χ1) is 14.4. The summed E-state index contributed by atoms with van der Waals surface area (Å²) in [7, 11) is 0. The van der Waals surface area contributed by atoms with E-state index in [0.29, 0.717) is 18.9 Å². The predicted octanol–water partition coefficient (Wildman–Crippen LogP) is 4.55. The van der Waals surface area contributed by atoms with Crippen LogP contribution in [0.25, 0.3) is 0 Å². The summed E-state index contributed by atoms with van der Waals surface area (Å²) in [6.45, 7) is 0.230. The molecule has 2 aromatic rings. The summed E-state index contributed by atoms with van der Waals surface area (Å²) in [5, 5.41) is 0. The molecule has 2 heterocycles. The third kappa shape index (κ3) is 4.31. The number of hydrogen-bond donors (Lipinski definition) is 1. The Bertz CT molecular complexity index is 895. The first-order valence-electron chi connectivity index (χ1n) is 10.3. The fraction of sp³-hybridized carbons (Fsp3) is 0.435. The number of fused-ring (bicyclic) bond motifs is 2. The van der Waals surface area contributed by atoms with Gasteiger partial charge in [-0.1, -0.05) is 30.3 Å². The first kappa shape index (κ1) is 20.7. The van der Waals surface area contributed by atoms with E-state index in [1.54, 1.807) is 0 Å². The number of amides is 1. The molecular formula is C23H25F3N2O2. The fourth-order valence-electron chi connectivity index (χ4n) is 4.80. The zero-order valence-corrected chi connectivity index (χ0v) is 16.6. The average molecular weight is 418 g/mol. The van der Waals surface area contributed by atoms with Crippen molar-refractivity contribution >= 4 is 6.09 Å². The molecule has 7 heteroatoms. The minimum atomic E-state index is -1.20. The minimum Gasteiger partial charge on any atom is -0.445 e. The third-order valence-corrected chi connectivity index (χ3v) is 6.34. The summed E-state index contributed by atoms with van der Waals surface area (Å²) in [6.07, 6.45) is 2.98. The number of ether oxygens (including phenoxy) is 1. The van der Waals surface area contributed by atoms with Crippen LogP contribution in [-0.4, -0.2) is 29.1 Å². The van der Waals surface area contributed by atoms with E-state index in [1.807, 2.05) is 35.2 Å². The number of hydrogen-bond acceptors (Lipinski definition) is 3. The summed E-state index contributed by atoms with van der Waals surface area (Å²) in [5.41, 5.74) is 7.34. The van der Waals surface area contributed by atoms with Gasteiger partial charge in [0.25, 0.3) is 0 Å². The maximum Gasteiger partial charge on any atom is 0.410 e. The van der Waals surface area contributed by atoms with Crippen LogP contribution in [0.4, 0.5) is 18.0 Å². The molecule has 2 aliphatic heterocycles. The van der Waals surface area contributed by atoms with Gasteiger partial charge in [-0.3, -0.25) is 0 Å². The van der Waals surface area contributed by atoms with Crippen LogP contribution in [-0.2, 0) is 17.8 Å². The van der Waals surface area contributed by atoms with Gasteiger partial charge in [0, 0.05) is 24.2 Å². The Balaban J connectivity index is 1.36. The Morgan fingerprint density at radius 3 is 2.33 bits per heavy atom. The number of nitrogens with zero attached hydrogens (tertiary/aromatic N) is 1. The van der Waals surface area contributed by atoms with Gasteiger partial charge in [0.1, 0.15) is 12.4 Å². The SMILES string of the molecule is N[C@@H](Cc1cc(F)c(F)cc1F)[C@@H]1C[C@H]2CC[C@@H](C1)N2C(=O)OCc1ccccc1. The van der Waals surface area contributed by atoms with Gasteiger partial charge in [-0.2, -0.15) is 0 Å². The standard InChI is InChI=1S/C23H25F3N2O2/c24-19-12-21(26)20(25)10-15(19)11-22(27)16-8-17-6-7-18(9-16)28(17)23(29)30-13-14-4-2-1-3-5-14/h1-5,10,12,16-18,22H,6-9,11,13,27H2/t16-,17-,18+,22-/m0/s1. The number of carbonyl (C=O) groups excluding carboxylic acids is 1. The minimum absolute atomic E-state index is 0.0397. The molecule has 2 aromatic carbocycles. The van der Waals surface area contributed by atoms with Gasteiger partial charge in [0.15, 0.2) is 11.6 Å². The Kier molecular flexibility index (Phi) is 5.99. The second kappa shape index (κ2) is 8.68. The van der Waals surface area contributed by atoms with E-state index in [4.69, 9.17) is 10.5 Å². The van der Waals surface area contributed by atoms with E-state index in [0.717, 1.165) is 24.5 Å². The first-order valence-corrected chi connectivity index (χ1v) is 10.3. The molecule has 2 saturated heterocycles. The van der Waals surface area contributed by atoms with Crippen molar-refractivity contribution in [1.29, 1.82) is 0 Å². The number of piperidine rings is 1. The molecule has 4 nitrogen and oxygen atoms in total. The highest BCUT2D eigenvalue weighted by Crippen LogP contribution is 2.40. The monoisotopic (exact) mass is 418 g/mol. The van der Waals surface area contributed by atoms with Crippen LogP contribution in [0, 0.1) is 23.4 Å². The molecule has 4 rings (SSSR count). The van der Waals surface area contributed by atoms with Crippen molar-refractivity contribution in [3.8, 4) is 0 Å². The summed E-state index contributed by atoms with van der Waals surface area (Å²) >= 11 is 0. The van der Waals surface area contributed by atoms with Crippen LogP contribution >= 0.6 is 0 Å². The van der Waals surface area contributed by atoms with Crippen molar-refractivity contribution < 1.29 is 22.7 Å². The summed E-state index contributed by atoms with van der Waals surface area (Å²) in [6, 6.07) is 10.7. The van der Waals surface area contributed by atoms with Gasteiger partial charge in [0.05, 0.1) is 0 Å². The summed E-state index contributed by atoms with van der Waals surface area (Å²) in [5.74, 6) is -2.98. The van der Waals surface area contributed by atoms with Crippen LogP contribution in [0.2, 0.25) is 0 Å². The van der Waals surface area contributed by atoms with Crippen LogP contribution in [0.5, 0.6) is 0 Å². The number of nitrogens with two attached hydrogens (primary N) is 1. The molecule has 160 valence electrons. The van der Waals surface area contributed by atoms with E-state index in [9.17, 15) is 18.0 Å². The largest absolute Gasteiger partial charge is 0.445 e. The van der Waals surface area contributed by atoms with Crippen molar-refractivity contribution in [2.75, 3.05) is 0 Å². The van der Waals surface area contributed by atoms with Gasteiger partial charge in [-0.25, -0.2) is 18.0 Å². The lowest BCUT2D eigenvalue weighted by atomic mass is 9.83. The van der Waals surface area contributed by atoms with Crippen LogP contribution in [0.3, 0.4) is 0 Å². The Morgan fingerprint density at radius 1 is 1.03 bits per heavy atom. The van der Waals surface area contributed by atoms with E-state index in [1.165, 1.54) is 0 Å². The number of carbonyl (C=O) groups is 1. The molecule has 2 bridgehead atoms. The molecule has 2 aliphatic rings. The smallest absolute Gasteiger partial charge is 0.410 e. The molecule has 1 amide bonds. The molecule has 2 N–H and O–H groups in total. The second-order valence-electron chi connectivity index (χ2n) is 8.29. The molecule has 0 radical (unpaired) electrons. The average Bonchev–Trinajstić information content (AvgIpc) is 3.00. The molecule has 2 fully saturated rings. The highest BCUT2D eigenvalue weighted by atomic mass is 19.2. The van der Waals surface area contributed by atoms with Crippen molar-refractivity contribution in [3.63, 3.8) is 0 Å². The predicted molar refractivity (Wildman–Crippen MR) is 106 cm³/mol. The van der Waals surface area contributed by atoms with E-state index in [2.05, 4.69) is 0 Å². The molecule has 0 aliphatic carbocycles. The number of halogens is 3. The maximum absolute atomic E-state index is 14.0. The van der Waals surface area contributed by atoms with E-state index < -0.39 is 23.5 Å². The van der Waals surface area contributed by atoms with Crippen molar-refractivity contribution in [1.82, 2.24) is 4.90 Å². The Morgan fingerprint density at radius 2 is 1.67 bits per heavy atom. The van der Waals surface area contributed by atoms with Crippen molar-refractivity contribution in [3.05, 3.63) is 71.0 Å². The topological polar surface area (TPSA) is 55.6 Å². The molecule has 0 unspecified atom stereocenters. The highest BCUT2D eigenvalue weighted by molar-refractivity contribution is 5.69. The summed E-state index contributed by atoms with van der Waals surface area (Å²) < 4.78 is 46.1. The van der Waals surface area contributed by atoms with Crippen molar-refractivity contribution in [2.45, 2.75) is 56.8 Å². The van der Waals surface area contributed by atoms with E-state index >= 15 is 0 Å². The van der Waals surface area contributed by atoms with Gasteiger partial charge in [-0.15, -0.1) is 0 Å². The fourth-order valence-corrected chi connectivity index (χ4v) is 4.80. The molecule has 0 saturated carbocycles. The van der Waals surface area contributed by atoms with Gasteiger partial charge in [0.2, 0.25) is 0 Å². The lowest BCUT2D eigenvalue weighted by Crippen LogP contribution is -2.50. The number of rotatable bonds is 5. The lowest BCUT2D eigenvalue weighted by Gasteiger charge is -2.40. The summed E-state index contributed by atoms with van der Waals surface area (Å²) in [4.78, 5) is 14.5. The van der Waals surface area contributed by atoms with Crippen molar-refractivity contribution in [2.24, 2.45) is 11.7 Å². The second-order valence-corrected chi connectivity index (χ2v) is 8.29. The van der Waals surface area contributed by atoms with Crippen LogP contribution in [0.1, 0.15) is 36.8 Å². The molecule has 30 heavy (non-hydrogen) atoms. The van der Waals surface area contributed by atoms with Crippen LogP contribution < -0.4 is 5.73 Å².